The summed E-state index contributed by atoms with van der Waals surface area (Å²) in [5.41, 5.74) is 1.57. The molecule has 3 rings (SSSR count). The van der Waals surface area contributed by atoms with Crippen LogP contribution in [0.25, 0.3) is 0 Å². The summed E-state index contributed by atoms with van der Waals surface area (Å²) in [7, 11) is -3.96. The minimum atomic E-state index is -3.96. The van der Waals surface area contributed by atoms with Gasteiger partial charge in [0.15, 0.2) is 5.78 Å². The molecular weight excluding hydrogens is 346 g/mol. The molecule has 0 spiro atoms. The molecule has 0 aliphatic heterocycles. The van der Waals surface area contributed by atoms with Crippen LogP contribution in [-0.2, 0) is 22.9 Å². The van der Waals surface area contributed by atoms with E-state index in [0.29, 0.717) is 10.4 Å². The topological polar surface area (TPSA) is 80.3 Å². The van der Waals surface area contributed by atoms with Gasteiger partial charge in [0.25, 0.3) is 15.9 Å². The Morgan fingerprint density at radius 3 is 2.38 bits per heavy atom. The van der Waals surface area contributed by atoms with Crippen molar-refractivity contribution in [3.05, 3.63) is 51.2 Å². The lowest BCUT2D eigenvalue weighted by Gasteiger charge is -2.08. The number of aryl methyl sites for hydroxylation is 2. The third-order valence-corrected chi connectivity index (χ3v) is 6.60. The third-order valence-electron chi connectivity index (χ3n) is 4.02. The van der Waals surface area contributed by atoms with Crippen LogP contribution in [-0.4, -0.2) is 20.1 Å². The zero-order valence-electron chi connectivity index (χ0n) is 13.2. The van der Waals surface area contributed by atoms with Gasteiger partial charge < -0.3 is 0 Å². The van der Waals surface area contributed by atoms with Crippen molar-refractivity contribution in [2.45, 2.75) is 37.5 Å². The first-order valence-corrected chi connectivity index (χ1v) is 9.96. The largest absolute Gasteiger partial charge is 0.295 e. The minimum absolute atomic E-state index is 0.0397. The molecule has 126 valence electrons. The van der Waals surface area contributed by atoms with Crippen molar-refractivity contribution in [1.82, 2.24) is 4.72 Å². The Labute approximate surface area is 144 Å². The third kappa shape index (κ3) is 3.42. The van der Waals surface area contributed by atoms with Crippen molar-refractivity contribution >= 4 is 33.1 Å². The molecule has 0 radical (unpaired) electrons. The van der Waals surface area contributed by atoms with Gasteiger partial charge in [-0.1, -0.05) is 12.1 Å². The van der Waals surface area contributed by atoms with Gasteiger partial charge in [-0.05, 0) is 56.4 Å². The molecule has 2 aromatic rings. The fraction of sp³-hybridized carbons (Fsp3) is 0.294. The molecule has 1 amide bonds. The maximum atomic E-state index is 12.3. The molecule has 0 bridgehead atoms. The van der Waals surface area contributed by atoms with Crippen LogP contribution in [0.4, 0.5) is 0 Å². The Bertz CT molecular complexity index is 872. The number of hydrogen-bond acceptors (Lipinski definition) is 5. The molecule has 0 atom stereocenters. The highest BCUT2D eigenvalue weighted by Crippen LogP contribution is 2.29. The van der Waals surface area contributed by atoms with Crippen molar-refractivity contribution in [1.29, 1.82) is 0 Å². The number of carbonyl (C=O) groups excluding carboxylic acids is 2. The van der Waals surface area contributed by atoms with Gasteiger partial charge in [0, 0.05) is 10.4 Å². The van der Waals surface area contributed by atoms with Crippen LogP contribution >= 0.6 is 11.3 Å². The SMILES string of the molecule is CC(=O)c1ccc(S(=O)(=O)NC(=O)c2cc3c(s2)CCCC3)cc1. The monoisotopic (exact) mass is 363 g/mol. The average molecular weight is 363 g/mol. The van der Waals surface area contributed by atoms with E-state index in [9.17, 15) is 18.0 Å². The lowest BCUT2D eigenvalue weighted by Crippen LogP contribution is -2.30. The van der Waals surface area contributed by atoms with E-state index < -0.39 is 15.9 Å². The van der Waals surface area contributed by atoms with Crippen LogP contribution in [0, 0.1) is 0 Å². The molecule has 1 aromatic carbocycles. The molecule has 0 saturated carbocycles. The minimum Gasteiger partial charge on any atom is -0.295 e. The number of rotatable bonds is 4. The molecule has 1 aliphatic rings. The number of benzene rings is 1. The zero-order valence-corrected chi connectivity index (χ0v) is 14.8. The standard InChI is InChI=1S/C17H17NO4S2/c1-11(19)12-6-8-14(9-7-12)24(21,22)18-17(20)16-10-13-4-2-3-5-15(13)23-16/h6-10H,2-5H2,1H3,(H,18,20). The van der Waals surface area contributed by atoms with E-state index in [0.717, 1.165) is 31.2 Å². The number of sulfonamides is 1. The predicted molar refractivity (Wildman–Crippen MR) is 92.1 cm³/mol. The molecule has 7 heteroatoms. The number of Topliss-reactive ketones (excluding diaryl/α,β-unsaturated/α-hetero) is 1. The molecule has 1 aliphatic carbocycles. The van der Waals surface area contributed by atoms with Gasteiger partial charge >= 0.3 is 0 Å². The number of fused-ring (bicyclic) bond motifs is 1. The van der Waals surface area contributed by atoms with E-state index in [1.54, 1.807) is 6.07 Å². The second kappa shape index (κ2) is 6.49. The van der Waals surface area contributed by atoms with Crippen molar-refractivity contribution in [3.8, 4) is 0 Å². The van der Waals surface area contributed by atoms with Crippen molar-refractivity contribution in [2.24, 2.45) is 0 Å². The summed E-state index contributed by atoms with van der Waals surface area (Å²) < 4.78 is 26.8. The Morgan fingerprint density at radius 1 is 1.08 bits per heavy atom. The highest BCUT2D eigenvalue weighted by molar-refractivity contribution is 7.90. The lowest BCUT2D eigenvalue weighted by atomic mass is 9.99. The maximum Gasteiger partial charge on any atom is 0.275 e. The second-order valence-electron chi connectivity index (χ2n) is 5.78. The Balaban J connectivity index is 1.79. The highest BCUT2D eigenvalue weighted by Gasteiger charge is 2.22. The predicted octanol–water partition coefficient (Wildman–Crippen LogP) is 2.95. The maximum absolute atomic E-state index is 12.3. The second-order valence-corrected chi connectivity index (χ2v) is 8.60. The summed E-state index contributed by atoms with van der Waals surface area (Å²) in [5.74, 6) is -0.753. The smallest absolute Gasteiger partial charge is 0.275 e. The Hall–Kier alpha value is -1.99. The summed E-state index contributed by atoms with van der Waals surface area (Å²) in [6.07, 6.45) is 4.10. The van der Waals surface area contributed by atoms with Crippen molar-refractivity contribution < 1.29 is 18.0 Å². The molecule has 24 heavy (non-hydrogen) atoms. The number of amides is 1. The molecule has 1 N–H and O–H groups in total. The molecule has 1 heterocycles. The van der Waals surface area contributed by atoms with E-state index >= 15 is 0 Å². The van der Waals surface area contributed by atoms with Gasteiger partial charge in [0.05, 0.1) is 9.77 Å². The molecule has 1 aromatic heterocycles. The summed E-state index contributed by atoms with van der Waals surface area (Å²) in [5, 5.41) is 0. The number of hydrogen-bond donors (Lipinski definition) is 1. The van der Waals surface area contributed by atoms with Crippen LogP contribution in [0.1, 0.15) is 50.2 Å². The average Bonchev–Trinajstić information content (AvgIpc) is 2.99. The molecule has 5 nitrogen and oxygen atoms in total. The quantitative estimate of drug-likeness (QED) is 0.847. The van der Waals surface area contributed by atoms with E-state index in [-0.39, 0.29) is 10.7 Å². The van der Waals surface area contributed by atoms with Crippen LogP contribution in [0.2, 0.25) is 0 Å². The highest BCUT2D eigenvalue weighted by atomic mass is 32.2. The number of carbonyl (C=O) groups is 2. The van der Waals surface area contributed by atoms with E-state index in [4.69, 9.17) is 0 Å². The first kappa shape index (κ1) is 16.9. The zero-order chi connectivity index (χ0) is 17.3. The van der Waals surface area contributed by atoms with Gasteiger partial charge in [-0.15, -0.1) is 11.3 Å². The molecule has 0 unspecified atom stereocenters. The number of nitrogens with one attached hydrogen (secondary N) is 1. The summed E-state index contributed by atoms with van der Waals surface area (Å²) >= 11 is 1.36. The van der Waals surface area contributed by atoms with Crippen molar-refractivity contribution in [2.75, 3.05) is 0 Å². The van der Waals surface area contributed by atoms with Gasteiger partial charge in [-0.25, -0.2) is 13.1 Å². The number of ketones is 1. The van der Waals surface area contributed by atoms with Crippen molar-refractivity contribution in [3.63, 3.8) is 0 Å². The van der Waals surface area contributed by atoms with Crippen LogP contribution in [0.15, 0.2) is 35.2 Å². The van der Waals surface area contributed by atoms with Crippen LogP contribution < -0.4 is 4.72 Å². The van der Waals surface area contributed by atoms with E-state index in [2.05, 4.69) is 4.72 Å². The van der Waals surface area contributed by atoms with Crippen LogP contribution in [0.5, 0.6) is 0 Å². The summed E-state index contributed by atoms with van der Waals surface area (Å²) in [6, 6.07) is 7.32. The normalized spacial score (nSPS) is 14.0. The van der Waals surface area contributed by atoms with Gasteiger partial charge in [-0.3, -0.25) is 9.59 Å². The van der Waals surface area contributed by atoms with E-state index in [1.165, 1.54) is 47.4 Å². The van der Waals surface area contributed by atoms with Crippen LogP contribution in [0.3, 0.4) is 0 Å². The molecule has 0 saturated heterocycles. The van der Waals surface area contributed by atoms with Gasteiger partial charge in [0.1, 0.15) is 0 Å². The first-order valence-electron chi connectivity index (χ1n) is 7.66. The number of thiophene rings is 1. The summed E-state index contributed by atoms with van der Waals surface area (Å²) in [6.45, 7) is 1.41. The Morgan fingerprint density at radius 2 is 1.75 bits per heavy atom. The summed E-state index contributed by atoms with van der Waals surface area (Å²) in [4.78, 5) is 25.1. The van der Waals surface area contributed by atoms with Gasteiger partial charge in [0.2, 0.25) is 0 Å². The molecular formula is C17H17NO4S2. The lowest BCUT2D eigenvalue weighted by molar-refractivity contribution is 0.0982. The first-order chi connectivity index (χ1) is 11.4. The van der Waals surface area contributed by atoms with Gasteiger partial charge in [-0.2, -0.15) is 0 Å². The Kier molecular flexibility index (Phi) is 4.56. The molecule has 0 fully saturated rings. The van der Waals surface area contributed by atoms with E-state index in [1.807, 2.05) is 0 Å². The fourth-order valence-electron chi connectivity index (χ4n) is 2.70. The fourth-order valence-corrected chi connectivity index (χ4v) is 4.88.